The van der Waals surface area contributed by atoms with E-state index >= 15 is 0 Å². The molecule has 3 aliphatic heterocycles. The number of fused-ring (bicyclic) bond motifs is 3. The molecule has 1 N–H and O–H groups in total. The van der Waals surface area contributed by atoms with Crippen LogP contribution in [-0.2, 0) is 10.0 Å². The number of hydrogen-bond donors (Lipinski definition) is 1. The molecule has 3 heterocycles. The molecular weight excluding hydrogens is 274 g/mol. The Bertz CT molecular complexity index is 598. The predicted octanol–water partition coefficient (Wildman–Crippen LogP) is 1.09. The zero-order chi connectivity index (χ0) is 13.6. The Morgan fingerprint density at radius 2 is 2.05 bits per heavy atom. The summed E-state index contributed by atoms with van der Waals surface area (Å²) in [6, 6.07) is 2.56. The lowest BCUT2D eigenvalue weighted by Gasteiger charge is -2.44. The molecule has 1 aromatic rings. The van der Waals surface area contributed by atoms with Crippen LogP contribution in [0.1, 0.15) is 12.8 Å². The van der Waals surface area contributed by atoms with Crippen LogP contribution < -0.4 is 5.32 Å². The van der Waals surface area contributed by atoms with E-state index in [0.29, 0.717) is 19.2 Å². The lowest BCUT2D eigenvalue weighted by molar-refractivity contribution is 0.151. The molecule has 7 heteroatoms. The van der Waals surface area contributed by atoms with Crippen LogP contribution in [0.25, 0.3) is 0 Å². The van der Waals surface area contributed by atoms with Crippen molar-refractivity contribution >= 4 is 10.0 Å². The second-order valence-electron chi connectivity index (χ2n) is 4.99. The standard InChI is InChI=1S/C12H14F2N2O2S/c13-8-1-4-12(11(14)5-8)19(17,18)16-7-9-2-3-10(16)6-15-9/h1,4-5,9-10,15H,2-3,6-7H2. The average molecular weight is 288 g/mol. The number of piperazine rings is 1. The quantitative estimate of drug-likeness (QED) is 0.886. The van der Waals surface area contributed by atoms with Crippen molar-refractivity contribution in [2.24, 2.45) is 0 Å². The monoisotopic (exact) mass is 288 g/mol. The summed E-state index contributed by atoms with van der Waals surface area (Å²) in [7, 11) is -3.89. The van der Waals surface area contributed by atoms with Crippen molar-refractivity contribution in [1.29, 1.82) is 0 Å². The molecular formula is C12H14F2N2O2S. The normalized spacial score (nSPS) is 27.7. The largest absolute Gasteiger partial charge is 0.311 e. The summed E-state index contributed by atoms with van der Waals surface area (Å²) >= 11 is 0. The molecule has 4 nitrogen and oxygen atoms in total. The third kappa shape index (κ3) is 2.15. The number of nitrogens with one attached hydrogen (secondary N) is 1. The zero-order valence-corrected chi connectivity index (χ0v) is 11.0. The molecule has 0 spiro atoms. The van der Waals surface area contributed by atoms with Crippen molar-refractivity contribution in [3.05, 3.63) is 29.8 Å². The third-order valence-corrected chi connectivity index (χ3v) is 5.73. The van der Waals surface area contributed by atoms with Gasteiger partial charge in [0.15, 0.2) is 0 Å². The van der Waals surface area contributed by atoms with Gasteiger partial charge < -0.3 is 5.32 Å². The van der Waals surface area contributed by atoms with E-state index < -0.39 is 26.6 Å². The van der Waals surface area contributed by atoms with Gasteiger partial charge in [-0.2, -0.15) is 4.31 Å². The summed E-state index contributed by atoms with van der Waals surface area (Å²) in [5.74, 6) is -1.81. The summed E-state index contributed by atoms with van der Waals surface area (Å²) in [4.78, 5) is -0.443. The molecule has 0 aliphatic carbocycles. The first kappa shape index (κ1) is 13.0. The van der Waals surface area contributed by atoms with Gasteiger partial charge in [-0.3, -0.25) is 0 Å². The molecule has 3 saturated heterocycles. The number of nitrogens with zero attached hydrogens (tertiary/aromatic N) is 1. The lowest BCUT2D eigenvalue weighted by atomic mass is 9.96. The van der Waals surface area contributed by atoms with Gasteiger partial charge in [0.2, 0.25) is 10.0 Å². The summed E-state index contributed by atoms with van der Waals surface area (Å²) in [5.41, 5.74) is 0. The van der Waals surface area contributed by atoms with Gasteiger partial charge in [-0.05, 0) is 25.0 Å². The first-order valence-electron chi connectivity index (χ1n) is 6.19. The van der Waals surface area contributed by atoms with E-state index in [4.69, 9.17) is 0 Å². The van der Waals surface area contributed by atoms with Crippen LogP contribution in [0.4, 0.5) is 8.78 Å². The first-order chi connectivity index (χ1) is 8.98. The molecule has 2 bridgehead atoms. The Morgan fingerprint density at radius 3 is 2.58 bits per heavy atom. The van der Waals surface area contributed by atoms with Crippen LogP contribution in [0.5, 0.6) is 0 Å². The van der Waals surface area contributed by atoms with Crippen molar-refractivity contribution in [2.45, 2.75) is 29.8 Å². The molecule has 0 radical (unpaired) electrons. The Kier molecular flexibility index (Phi) is 3.07. The molecule has 3 aliphatic rings. The number of benzene rings is 1. The zero-order valence-electron chi connectivity index (χ0n) is 10.1. The minimum Gasteiger partial charge on any atom is -0.311 e. The fraction of sp³-hybridized carbons (Fsp3) is 0.500. The van der Waals surface area contributed by atoms with Gasteiger partial charge in [0.25, 0.3) is 0 Å². The minimum absolute atomic E-state index is 0.128. The Morgan fingerprint density at radius 1 is 1.26 bits per heavy atom. The van der Waals surface area contributed by atoms with E-state index in [9.17, 15) is 17.2 Å². The molecule has 4 rings (SSSR count). The van der Waals surface area contributed by atoms with Gasteiger partial charge in [-0.1, -0.05) is 0 Å². The maximum atomic E-state index is 13.7. The maximum absolute atomic E-state index is 13.7. The van der Waals surface area contributed by atoms with Crippen molar-refractivity contribution in [3.63, 3.8) is 0 Å². The number of sulfonamides is 1. The second kappa shape index (κ2) is 4.50. The van der Waals surface area contributed by atoms with Crippen molar-refractivity contribution in [2.75, 3.05) is 13.1 Å². The molecule has 3 fully saturated rings. The van der Waals surface area contributed by atoms with E-state index in [-0.39, 0.29) is 12.1 Å². The first-order valence-corrected chi connectivity index (χ1v) is 7.63. The molecule has 0 amide bonds. The van der Waals surface area contributed by atoms with Gasteiger partial charge in [0, 0.05) is 31.2 Å². The summed E-state index contributed by atoms with van der Waals surface area (Å²) in [6.07, 6.45) is 1.71. The summed E-state index contributed by atoms with van der Waals surface area (Å²) in [6.45, 7) is 0.941. The molecule has 0 aromatic heterocycles. The van der Waals surface area contributed by atoms with Gasteiger partial charge in [-0.15, -0.1) is 0 Å². The van der Waals surface area contributed by atoms with Crippen LogP contribution in [0.2, 0.25) is 0 Å². The molecule has 19 heavy (non-hydrogen) atoms. The highest BCUT2D eigenvalue weighted by molar-refractivity contribution is 7.89. The Balaban J connectivity index is 1.98. The average Bonchev–Trinajstić information content (AvgIpc) is 2.39. The van der Waals surface area contributed by atoms with E-state index in [1.165, 1.54) is 4.31 Å². The van der Waals surface area contributed by atoms with Crippen molar-refractivity contribution in [3.8, 4) is 0 Å². The lowest BCUT2D eigenvalue weighted by Crippen LogP contribution is -2.62. The second-order valence-corrected chi connectivity index (χ2v) is 6.84. The van der Waals surface area contributed by atoms with Gasteiger partial charge in [-0.25, -0.2) is 17.2 Å². The Labute approximate surface area is 110 Å². The van der Waals surface area contributed by atoms with E-state index in [1.54, 1.807) is 0 Å². The van der Waals surface area contributed by atoms with Gasteiger partial charge in [0.1, 0.15) is 16.5 Å². The number of piperidine rings is 2. The van der Waals surface area contributed by atoms with Crippen molar-refractivity contribution in [1.82, 2.24) is 9.62 Å². The van der Waals surface area contributed by atoms with Gasteiger partial charge >= 0.3 is 0 Å². The highest BCUT2D eigenvalue weighted by Crippen LogP contribution is 2.29. The van der Waals surface area contributed by atoms with Crippen LogP contribution >= 0.6 is 0 Å². The Hall–Kier alpha value is -1.05. The predicted molar refractivity (Wildman–Crippen MR) is 65.1 cm³/mol. The third-order valence-electron chi connectivity index (χ3n) is 3.78. The fourth-order valence-electron chi connectivity index (χ4n) is 2.77. The summed E-state index contributed by atoms with van der Waals surface area (Å²) < 4.78 is 52.8. The van der Waals surface area contributed by atoms with E-state index in [1.807, 2.05) is 0 Å². The van der Waals surface area contributed by atoms with Crippen LogP contribution in [0.3, 0.4) is 0 Å². The van der Waals surface area contributed by atoms with Gasteiger partial charge in [0.05, 0.1) is 0 Å². The number of hydrogen-bond acceptors (Lipinski definition) is 3. The fourth-order valence-corrected chi connectivity index (χ4v) is 4.52. The maximum Gasteiger partial charge on any atom is 0.246 e. The van der Waals surface area contributed by atoms with Crippen LogP contribution in [0, 0.1) is 11.6 Å². The van der Waals surface area contributed by atoms with E-state index in [2.05, 4.69) is 5.32 Å². The summed E-state index contributed by atoms with van der Waals surface area (Å²) in [5, 5.41) is 3.24. The minimum atomic E-state index is -3.89. The van der Waals surface area contributed by atoms with Crippen LogP contribution in [0.15, 0.2) is 23.1 Å². The van der Waals surface area contributed by atoms with E-state index in [0.717, 1.165) is 25.0 Å². The molecule has 2 atom stereocenters. The SMILES string of the molecule is O=S(=O)(c1ccc(F)cc1F)N1CC2CCC1CN2. The van der Waals surface area contributed by atoms with Crippen LogP contribution in [-0.4, -0.2) is 37.9 Å². The smallest absolute Gasteiger partial charge is 0.246 e. The molecule has 0 saturated carbocycles. The van der Waals surface area contributed by atoms with Crippen molar-refractivity contribution < 1.29 is 17.2 Å². The topological polar surface area (TPSA) is 49.4 Å². The highest BCUT2D eigenvalue weighted by Gasteiger charge is 2.41. The number of halogens is 2. The molecule has 2 unspecified atom stereocenters. The molecule has 104 valence electrons. The molecule has 1 aromatic carbocycles. The number of rotatable bonds is 2. The highest BCUT2D eigenvalue weighted by atomic mass is 32.2.